The van der Waals surface area contributed by atoms with E-state index < -0.39 is 0 Å². The molecule has 3 aromatic rings. The maximum Gasteiger partial charge on any atom is 0.236 e. The second-order valence-corrected chi connectivity index (χ2v) is 10.3. The van der Waals surface area contributed by atoms with Gasteiger partial charge in [0.25, 0.3) is 0 Å². The van der Waals surface area contributed by atoms with Gasteiger partial charge in [-0.1, -0.05) is 24.3 Å². The van der Waals surface area contributed by atoms with E-state index in [4.69, 9.17) is 4.74 Å². The standard InChI is InChI=1S/C28H30FN3O3S/c1-35-23-7-5-20(6-8-23)17-26(33)30-12-14-31(15-13-30)27(34)19-32-11-9-25-24(10-16-36-25)28(32)21-3-2-4-22(29)18-21/h2-8,10,16,18,28H,9,11-15,17,19H2,1H3. The molecule has 188 valence electrons. The average Bonchev–Trinajstić information content (AvgIpc) is 3.38. The maximum atomic E-state index is 14.0. The molecule has 3 heterocycles. The van der Waals surface area contributed by atoms with Crippen LogP contribution in [0.25, 0.3) is 0 Å². The lowest BCUT2D eigenvalue weighted by molar-refractivity contribution is -0.140. The molecule has 0 bridgehead atoms. The Labute approximate surface area is 214 Å². The Morgan fingerprint density at radius 3 is 2.39 bits per heavy atom. The van der Waals surface area contributed by atoms with Gasteiger partial charge in [0, 0.05) is 37.6 Å². The number of carbonyl (C=O) groups is 2. The number of ether oxygens (including phenoxy) is 1. The first-order valence-electron chi connectivity index (χ1n) is 12.3. The highest BCUT2D eigenvalue weighted by Gasteiger charge is 2.33. The van der Waals surface area contributed by atoms with Crippen molar-refractivity contribution in [3.8, 4) is 5.75 Å². The van der Waals surface area contributed by atoms with Gasteiger partial charge in [-0.2, -0.15) is 0 Å². The smallest absolute Gasteiger partial charge is 0.236 e. The number of amides is 2. The zero-order valence-corrected chi connectivity index (χ0v) is 21.2. The molecular weight excluding hydrogens is 477 g/mol. The van der Waals surface area contributed by atoms with E-state index in [1.54, 1.807) is 30.6 Å². The van der Waals surface area contributed by atoms with Crippen molar-refractivity contribution >= 4 is 23.2 Å². The van der Waals surface area contributed by atoms with Crippen LogP contribution in [0, 0.1) is 5.82 Å². The van der Waals surface area contributed by atoms with Gasteiger partial charge in [0.1, 0.15) is 11.6 Å². The molecule has 0 N–H and O–H groups in total. The number of halogens is 1. The van der Waals surface area contributed by atoms with Crippen LogP contribution in [0.15, 0.2) is 60.0 Å². The minimum absolute atomic E-state index is 0.0531. The number of rotatable bonds is 6. The van der Waals surface area contributed by atoms with E-state index in [0.29, 0.717) is 32.6 Å². The molecule has 2 aliphatic heterocycles. The summed E-state index contributed by atoms with van der Waals surface area (Å²) in [5.74, 6) is 0.621. The molecule has 0 radical (unpaired) electrons. The molecular formula is C28H30FN3O3S. The molecule has 0 saturated carbocycles. The van der Waals surface area contributed by atoms with E-state index in [1.807, 2.05) is 40.1 Å². The molecule has 2 amide bonds. The molecule has 0 aliphatic carbocycles. The van der Waals surface area contributed by atoms with Crippen molar-refractivity contribution in [2.75, 3.05) is 46.4 Å². The zero-order chi connectivity index (χ0) is 25.1. The van der Waals surface area contributed by atoms with E-state index in [2.05, 4.69) is 16.3 Å². The van der Waals surface area contributed by atoms with Crippen LogP contribution in [0.3, 0.4) is 0 Å². The third-order valence-electron chi connectivity index (χ3n) is 7.07. The minimum Gasteiger partial charge on any atom is -0.497 e. The second kappa shape index (κ2) is 10.8. The molecule has 1 unspecified atom stereocenters. The van der Waals surface area contributed by atoms with Crippen molar-refractivity contribution in [3.05, 3.63) is 87.4 Å². The predicted octanol–water partition coefficient (Wildman–Crippen LogP) is 3.76. The highest BCUT2D eigenvalue weighted by molar-refractivity contribution is 7.10. The first kappa shape index (κ1) is 24.5. The Kier molecular flexibility index (Phi) is 7.34. The van der Waals surface area contributed by atoms with Gasteiger partial charge in [-0.15, -0.1) is 11.3 Å². The van der Waals surface area contributed by atoms with Crippen molar-refractivity contribution in [1.82, 2.24) is 14.7 Å². The zero-order valence-electron chi connectivity index (χ0n) is 20.4. The van der Waals surface area contributed by atoms with Crippen LogP contribution in [-0.2, 0) is 22.4 Å². The minimum atomic E-state index is -0.267. The van der Waals surface area contributed by atoms with E-state index in [1.165, 1.54) is 16.5 Å². The molecule has 36 heavy (non-hydrogen) atoms. The van der Waals surface area contributed by atoms with Crippen LogP contribution in [-0.4, -0.2) is 72.9 Å². The van der Waals surface area contributed by atoms with Gasteiger partial charge in [-0.05, 0) is 58.8 Å². The largest absolute Gasteiger partial charge is 0.497 e. The lowest BCUT2D eigenvalue weighted by Gasteiger charge is -2.39. The fourth-order valence-corrected chi connectivity index (χ4v) is 6.02. The fourth-order valence-electron chi connectivity index (χ4n) is 5.11. The first-order chi connectivity index (χ1) is 17.5. The number of thiophene rings is 1. The van der Waals surface area contributed by atoms with Crippen LogP contribution < -0.4 is 4.74 Å². The van der Waals surface area contributed by atoms with E-state index in [0.717, 1.165) is 29.8 Å². The lowest BCUT2D eigenvalue weighted by Crippen LogP contribution is -2.53. The third-order valence-corrected chi connectivity index (χ3v) is 8.06. The Morgan fingerprint density at radius 1 is 0.972 bits per heavy atom. The van der Waals surface area contributed by atoms with Crippen LogP contribution in [0.4, 0.5) is 4.39 Å². The summed E-state index contributed by atoms with van der Waals surface area (Å²) in [5, 5.41) is 2.07. The number of carbonyl (C=O) groups excluding carboxylic acids is 2. The molecule has 1 aromatic heterocycles. The first-order valence-corrected chi connectivity index (χ1v) is 13.1. The number of methoxy groups -OCH3 is 1. The molecule has 6 nitrogen and oxygen atoms in total. The average molecular weight is 508 g/mol. The Morgan fingerprint density at radius 2 is 1.69 bits per heavy atom. The quantitative estimate of drug-likeness (QED) is 0.510. The van der Waals surface area contributed by atoms with Gasteiger partial charge in [0.05, 0.1) is 26.1 Å². The summed E-state index contributed by atoms with van der Waals surface area (Å²) in [5.41, 5.74) is 2.98. The Balaban J connectivity index is 1.20. The monoisotopic (exact) mass is 507 g/mol. The van der Waals surface area contributed by atoms with Gasteiger partial charge >= 0.3 is 0 Å². The lowest BCUT2D eigenvalue weighted by atomic mass is 9.93. The summed E-state index contributed by atoms with van der Waals surface area (Å²) in [6.07, 6.45) is 1.23. The van der Waals surface area contributed by atoms with Gasteiger partial charge in [0.2, 0.25) is 11.8 Å². The second-order valence-electron chi connectivity index (χ2n) is 9.26. The van der Waals surface area contributed by atoms with Crippen molar-refractivity contribution in [3.63, 3.8) is 0 Å². The molecule has 2 aliphatic rings. The third kappa shape index (κ3) is 5.29. The van der Waals surface area contributed by atoms with Crippen molar-refractivity contribution < 1.29 is 18.7 Å². The van der Waals surface area contributed by atoms with Gasteiger partial charge < -0.3 is 14.5 Å². The fraction of sp³-hybridized carbons (Fsp3) is 0.357. The Hall–Kier alpha value is -3.23. The van der Waals surface area contributed by atoms with Gasteiger partial charge in [0.15, 0.2) is 0 Å². The van der Waals surface area contributed by atoms with E-state index in [-0.39, 0.29) is 30.2 Å². The normalized spacial score (nSPS) is 18.1. The summed E-state index contributed by atoms with van der Waals surface area (Å²) < 4.78 is 19.2. The molecule has 1 fully saturated rings. The molecule has 2 aromatic carbocycles. The highest BCUT2D eigenvalue weighted by atomic mass is 32.1. The molecule has 1 atom stereocenters. The highest BCUT2D eigenvalue weighted by Crippen LogP contribution is 2.37. The number of hydrogen-bond acceptors (Lipinski definition) is 5. The predicted molar refractivity (Wildman–Crippen MR) is 138 cm³/mol. The Bertz CT molecular complexity index is 1220. The molecule has 1 saturated heterocycles. The van der Waals surface area contributed by atoms with Crippen molar-refractivity contribution in [1.29, 1.82) is 0 Å². The summed E-state index contributed by atoms with van der Waals surface area (Å²) in [6, 6.07) is 16.2. The topological polar surface area (TPSA) is 53.1 Å². The molecule has 0 spiro atoms. The summed E-state index contributed by atoms with van der Waals surface area (Å²) in [6.45, 7) is 3.13. The summed E-state index contributed by atoms with van der Waals surface area (Å²) in [7, 11) is 1.62. The van der Waals surface area contributed by atoms with Crippen molar-refractivity contribution in [2.45, 2.75) is 18.9 Å². The van der Waals surface area contributed by atoms with Gasteiger partial charge in [-0.3, -0.25) is 14.5 Å². The summed E-state index contributed by atoms with van der Waals surface area (Å²) >= 11 is 1.72. The number of benzene rings is 2. The van der Waals surface area contributed by atoms with Crippen LogP contribution >= 0.6 is 11.3 Å². The van der Waals surface area contributed by atoms with Crippen molar-refractivity contribution in [2.24, 2.45) is 0 Å². The molecule has 5 rings (SSSR count). The van der Waals surface area contributed by atoms with Crippen LogP contribution in [0.2, 0.25) is 0 Å². The molecule has 8 heteroatoms. The maximum absolute atomic E-state index is 14.0. The number of fused-ring (bicyclic) bond motifs is 1. The number of nitrogens with zero attached hydrogens (tertiary/aromatic N) is 3. The van der Waals surface area contributed by atoms with E-state index >= 15 is 0 Å². The van der Waals surface area contributed by atoms with Crippen LogP contribution in [0.5, 0.6) is 5.75 Å². The van der Waals surface area contributed by atoms with E-state index in [9.17, 15) is 14.0 Å². The van der Waals surface area contributed by atoms with Gasteiger partial charge in [-0.25, -0.2) is 4.39 Å². The van der Waals surface area contributed by atoms with Crippen LogP contribution in [0.1, 0.15) is 27.6 Å². The number of piperazine rings is 1. The SMILES string of the molecule is COc1ccc(CC(=O)N2CCN(C(=O)CN3CCc4sccc4C3c3cccc(F)c3)CC2)cc1. The number of hydrogen-bond donors (Lipinski definition) is 0. The summed E-state index contributed by atoms with van der Waals surface area (Å²) in [4.78, 5) is 33.2.